The van der Waals surface area contributed by atoms with Crippen LogP contribution in [0, 0.1) is 10.1 Å². The molecule has 13 heteroatoms. The maximum atomic E-state index is 13.2. The van der Waals surface area contributed by atoms with E-state index in [1.807, 2.05) is 6.92 Å². The van der Waals surface area contributed by atoms with Crippen LogP contribution in [-0.4, -0.2) is 75.5 Å². The third kappa shape index (κ3) is 6.84. The number of ether oxygens (including phenoxy) is 4. The standard InChI is InChI=1S/C27H31N5O7S/c1-4-5-13-40(35)22-17-21-23(25(22)32(33)34)24(31-27(30-21)26-28-7-6-8-29-26)18-14-19(38-11-9-36-2)16-20(15-18)39-12-10-37-3/h6-8,14-16H,4-5,9-13,17H2,1-3H3. The molecule has 1 unspecified atom stereocenters. The van der Waals surface area contributed by atoms with Gasteiger partial charge in [0.15, 0.2) is 11.6 Å². The molecule has 4 rings (SSSR count). The Hall–Kier alpha value is -3.81. The largest absolute Gasteiger partial charge is 0.491 e. The molecule has 0 saturated carbocycles. The lowest BCUT2D eigenvalue weighted by molar-refractivity contribution is -0.375. The van der Waals surface area contributed by atoms with Crippen LogP contribution in [0.1, 0.15) is 31.0 Å². The van der Waals surface area contributed by atoms with Gasteiger partial charge >= 0.3 is 0 Å². The lowest BCUT2D eigenvalue weighted by Gasteiger charge is -2.14. The molecular weight excluding hydrogens is 538 g/mol. The minimum absolute atomic E-state index is 0.0680. The summed E-state index contributed by atoms with van der Waals surface area (Å²) in [5.74, 6) is 1.71. The summed E-state index contributed by atoms with van der Waals surface area (Å²) in [7, 11) is 1.60. The number of fused-ring (bicyclic) bond motifs is 1. The van der Waals surface area contributed by atoms with Crippen LogP contribution >= 0.6 is 0 Å². The van der Waals surface area contributed by atoms with E-state index in [9.17, 15) is 14.3 Å². The molecule has 0 radical (unpaired) electrons. The van der Waals surface area contributed by atoms with E-state index in [0.717, 1.165) is 6.42 Å². The predicted molar refractivity (Wildman–Crippen MR) is 149 cm³/mol. The van der Waals surface area contributed by atoms with E-state index < -0.39 is 15.7 Å². The predicted octanol–water partition coefficient (Wildman–Crippen LogP) is 3.70. The fourth-order valence-corrected chi connectivity index (χ4v) is 5.61. The van der Waals surface area contributed by atoms with Gasteiger partial charge in [-0.2, -0.15) is 0 Å². The average molecular weight is 570 g/mol. The first-order valence-corrected chi connectivity index (χ1v) is 14.1. The van der Waals surface area contributed by atoms with E-state index in [1.54, 1.807) is 50.9 Å². The molecule has 2 heterocycles. The molecule has 1 aliphatic rings. The highest BCUT2D eigenvalue weighted by atomic mass is 32.2. The van der Waals surface area contributed by atoms with Gasteiger partial charge in [0.25, 0.3) is 5.70 Å². The Morgan fingerprint density at radius 2 is 1.60 bits per heavy atom. The Labute approximate surface area is 234 Å². The highest BCUT2D eigenvalue weighted by Gasteiger charge is 2.39. The fraction of sp³-hybridized carbons (Fsp3) is 0.407. The third-order valence-electron chi connectivity index (χ3n) is 5.99. The Bertz CT molecular complexity index is 1370. The van der Waals surface area contributed by atoms with Crippen molar-refractivity contribution in [3.63, 3.8) is 0 Å². The normalized spacial score (nSPS) is 13.3. The van der Waals surface area contributed by atoms with E-state index in [4.69, 9.17) is 23.9 Å². The summed E-state index contributed by atoms with van der Waals surface area (Å²) in [6, 6.07) is 6.83. The summed E-state index contributed by atoms with van der Waals surface area (Å²) in [6.07, 6.45) is 4.70. The molecule has 212 valence electrons. The van der Waals surface area contributed by atoms with Crippen molar-refractivity contribution in [1.29, 1.82) is 0 Å². The number of methoxy groups -OCH3 is 2. The Morgan fingerprint density at radius 3 is 2.17 bits per heavy atom. The van der Waals surface area contributed by atoms with Gasteiger partial charge in [0.05, 0.1) is 40.3 Å². The smallest absolute Gasteiger partial charge is 0.293 e. The molecule has 0 fully saturated rings. The van der Waals surface area contributed by atoms with Crippen molar-refractivity contribution in [3.05, 3.63) is 62.9 Å². The van der Waals surface area contributed by atoms with Crippen LogP contribution in [0.15, 0.2) is 41.6 Å². The van der Waals surface area contributed by atoms with Crippen molar-refractivity contribution in [1.82, 2.24) is 19.9 Å². The summed E-state index contributed by atoms with van der Waals surface area (Å²) in [5.41, 5.74) is 1.16. The number of allylic oxidation sites excluding steroid dienone is 1. The fourth-order valence-electron chi connectivity index (χ4n) is 4.12. The maximum Gasteiger partial charge on any atom is 0.293 e. The van der Waals surface area contributed by atoms with Gasteiger partial charge in [-0.25, -0.2) is 19.9 Å². The second-order valence-electron chi connectivity index (χ2n) is 8.77. The zero-order valence-corrected chi connectivity index (χ0v) is 23.4. The number of hydrogen-bond donors (Lipinski definition) is 0. The SMILES string of the molecule is CCCCS(=O)C1=C([N+](=O)[O-])c2c(nc(-c3ncccn3)nc2-c2cc(OCCOC)cc(OCCOC)c2)C1. The summed E-state index contributed by atoms with van der Waals surface area (Å²) in [5, 5.41) is 12.4. The van der Waals surface area contributed by atoms with Crippen molar-refractivity contribution in [3.8, 4) is 34.4 Å². The van der Waals surface area contributed by atoms with Crippen LogP contribution in [-0.2, 0) is 26.7 Å². The molecule has 40 heavy (non-hydrogen) atoms. The lowest BCUT2D eigenvalue weighted by atomic mass is 10.0. The topological polar surface area (TPSA) is 149 Å². The number of nitro groups is 1. The lowest BCUT2D eigenvalue weighted by Crippen LogP contribution is -2.08. The minimum atomic E-state index is -1.55. The van der Waals surface area contributed by atoms with Crippen LogP contribution in [0.25, 0.3) is 28.6 Å². The molecule has 12 nitrogen and oxygen atoms in total. The van der Waals surface area contributed by atoms with Crippen LogP contribution < -0.4 is 9.47 Å². The Kier molecular flexibility index (Phi) is 10.2. The summed E-state index contributed by atoms with van der Waals surface area (Å²) in [6.45, 7) is 3.27. The number of benzene rings is 1. The molecule has 0 spiro atoms. The minimum Gasteiger partial charge on any atom is -0.491 e. The number of unbranched alkanes of at least 4 members (excludes halogenated alkanes) is 1. The van der Waals surface area contributed by atoms with E-state index in [0.29, 0.717) is 48.1 Å². The average Bonchev–Trinajstić information content (AvgIpc) is 3.36. The van der Waals surface area contributed by atoms with Gasteiger partial charge in [-0.3, -0.25) is 14.3 Å². The highest BCUT2D eigenvalue weighted by Crippen LogP contribution is 2.42. The van der Waals surface area contributed by atoms with Crippen molar-refractivity contribution in [2.75, 3.05) is 46.4 Å². The zero-order chi connectivity index (χ0) is 28.5. The summed E-state index contributed by atoms with van der Waals surface area (Å²) in [4.78, 5) is 30.0. The summed E-state index contributed by atoms with van der Waals surface area (Å²) < 4.78 is 35.1. The van der Waals surface area contributed by atoms with E-state index in [2.05, 4.69) is 15.0 Å². The van der Waals surface area contributed by atoms with Gasteiger partial charge in [0, 0.05) is 50.4 Å². The molecule has 0 aliphatic heterocycles. The highest BCUT2D eigenvalue weighted by molar-refractivity contribution is 7.89. The molecule has 2 aromatic heterocycles. The first-order valence-electron chi connectivity index (χ1n) is 12.8. The Morgan fingerprint density at radius 1 is 0.950 bits per heavy atom. The monoisotopic (exact) mass is 569 g/mol. The van der Waals surface area contributed by atoms with E-state index in [1.165, 1.54) is 0 Å². The summed E-state index contributed by atoms with van der Waals surface area (Å²) >= 11 is 0. The number of rotatable bonds is 15. The number of nitrogens with zero attached hydrogens (tertiary/aromatic N) is 5. The maximum absolute atomic E-state index is 13.2. The van der Waals surface area contributed by atoms with E-state index >= 15 is 0 Å². The molecule has 0 bridgehead atoms. The Balaban J connectivity index is 1.91. The second kappa shape index (κ2) is 14.0. The molecule has 1 aliphatic carbocycles. The third-order valence-corrected chi connectivity index (χ3v) is 7.53. The van der Waals surface area contributed by atoms with Crippen LogP contribution in [0.5, 0.6) is 11.5 Å². The van der Waals surface area contributed by atoms with Crippen molar-refractivity contribution in [2.24, 2.45) is 0 Å². The number of aromatic nitrogens is 4. The van der Waals surface area contributed by atoms with E-state index in [-0.39, 0.29) is 53.1 Å². The second-order valence-corrected chi connectivity index (χ2v) is 10.4. The molecule has 0 saturated heterocycles. The molecule has 0 amide bonds. The van der Waals surface area contributed by atoms with Crippen LogP contribution in [0.4, 0.5) is 0 Å². The molecule has 3 aromatic rings. The van der Waals surface area contributed by atoms with Crippen LogP contribution in [0.2, 0.25) is 0 Å². The number of hydrogen-bond acceptors (Lipinski definition) is 11. The molecular formula is C27H31N5O7S. The van der Waals surface area contributed by atoms with Crippen molar-refractivity contribution >= 4 is 16.5 Å². The zero-order valence-electron chi connectivity index (χ0n) is 22.6. The first-order chi connectivity index (χ1) is 19.5. The molecule has 1 atom stereocenters. The van der Waals surface area contributed by atoms with Gasteiger partial charge in [-0.05, 0) is 24.6 Å². The van der Waals surface area contributed by atoms with Gasteiger partial charge in [-0.1, -0.05) is 13.3 Å². The van der Waals surface area contributed by atoms with Gasteiger partial charge in [0.1, 0.15) is 35.2 Å². The first kappa shape index (κ1) is 29.2. The quantitative estimate of drug-likeness (QED) is 0.150. The van der Waals surface area contributed by atoms with Gasteiger partial charge in [0.2, 0.25) is 0 Å². The van der Waals surface area contributed by atoms with Crippen molar-refractivity contribution in [2.45, 2.75) is 26.2 Å². The molecule has 1 aromatic carbocycles. The van der Waals surface area contributed by atoms with Crippen molar-refractivity contribution < 1.29 is 28.1 Å². The van der Waals surface area contributed by atoms with Gasteiger partial charge in [-0.15, -0.1) is 0 Å². The van der Waals surface area contributed by atoms with Crippen LogP contribution in [0.3, 0.4) is 0 Å². The van der Waals surface area contributed by atoms with Gasteiger partial charge < -0.3 is 18.9 Å². The molecule has 0 N–H and O–H groups in total.